The van der Waals surface area contributed by atoms with Crippen LogP contribution in [0.1, 0.15) is 44.6 Å². The van der Waals surface area contributed by atoms with Gasteiger partial charge in [-0.15, -0.1) is 0 Å². The third kappa shape index (κ3) is 7.80. The van der Waals surface area contributed by atoms with E-state index in [2.05, 4.69) is 5.32 Å². The van der Waals surface area contributed by atoms with E-state index in [1.165, 1.54) is 43.4 Å². The summed E-state index contributed by atoms with van der Waals surface area (Å²) in [5, 5.41) is 3.53. The Morgan fingerprint density at radius 1 is 0.930 bits per heavy atom. The molecule has 0 spiro atoms. The highest BCUT2D eigenvalue weighted by molar-refractivity contribution is 7.92. The molecule has 11 heteroatoms. The van der Waals surface area contributed by atoms with Gasteiger partial charge in [0.2, 0.25) is 11.8 Å². The van der Waals surface area contributed by atoms with Crippen molar-refractivity contribution in [1.29, 1.82) is 0 Å². The van der Waals surface area contributed by atoms with Crippen molar-refractivity contribution in [3.05, 3.63) is 83.4 Å². The summed E-state index contributed by atoms with van der Waals surface area (Å²) in [7, 11) is -1.35. The Morgan fingerprint density at radius 3 is 2.23 bits per heavy atom. The zero-order valence-corrected chi connectivity index (χ0v) is 26.2. The molecule has 1 N–H and O–H groups in total. The fourth-order valence-electron chi connectivity index (χ4n) is 5.19. The van der Waals surface area contributed by atoms with Gasteiger partial charge >= 0.3 is 0 Å². The molecule has 1 atom stereocenters. The molecule has 9 nitrogen and oxygen atoms in total. The Bertz CT molecular complexity index is 1510. The number of amides is 2. The quantitative estimate of drug-likeness (QED) is 0.288. The van der Waals surface area contributed by atoms with Crippen molar-refractivity contribution in [3.63, 3.8) is 0 Å². The molecule has 0 aliphatic heterocycles. The van der Waals surface area contributed by atoms with Gasteiger partial charge in [-0.25, -0.2) is 8.42 Å². The first-order valence-electron chi connectivity index (χ1n) is 14.3. The zero-order valence-electron chi connectivity index (χ0n) is 24.7. The van der Waals surface area contributed by atoms with Crippen molar-refractivity contribution in [2.45, 2.75) is 62.6 Å². The zero-order chi connectivity index (χ0) is 31.0. The number of ether oxygens (including phenoxy) is 2. The lowest BCUT2D eigenvalue weighted by Gasteiger charge is -2.33. The second-order valence-electron chi connectivity index (χ2n) is 10.5. The van der Waals surface area contributed by atoms with Crippen molar-refractivity contribution < 1.29 is 27.5 Å². The van der Waals surface area contributed by atoms with Crippen LogP contribution >= 0.6 is 11.6 Å². The molecule has 0 radical (unpaired) electrons. The summed E-state index contributed by atoms with van der Waals surface area (Å²) >= 11 is 6.46. The SMILES string of the molecule is COc1ccc(S(=O)(=O)N(CC(=O)N(Cc2ccccc2Cl)C(C)C(=O)NC2CCCCC2)c2ccccc2OC)cc1. The molecule has 1 aliphatic carbocycles. The number of carbonyl (C=O) groups is 2. The number of carbonyl (C=O) groups excluding carboxylic acids is 2. The predicted octanol–water partition coefficient (Wildman–Crippen LogP) is 5.42. The average Bonchev–Trinajstić information content (AvgIpc) is 3.03. The maximum absolute atomic E-state index is 14.2. The van der Waals surface area contributed by atoms with Crippen LogP contribution in [0.5, 0.6) is 11.5 Å². The number of benzene rings is 3. The van der Waals surface area contributed by atoms with Crippen molar-refractivity contribution in [2.75, 3.05) is 25.1 Å². The molecular formula is C32H38ClN3O6S. The first-order valence-corrected chi connectivity index (χ1v) is 16.1. The van der Waals surface area contributed by atoms with Crippen LogP contribution in [0.25, 0.3) is 0 Å². The number of sulfonamides is 1. The summed E-state index contributed by atoms with van der Waals surface area (Å²) in [6, 6.07) is 18.7. The Morgan fingerprint density at radius 2 is 1.58 bits per heavy atom. The fourth-order valence-corrected chi connectivity index (χ4v) is 6.81. The van der Waals surface area contributed by atoms with E-state index in [4.69, 9.17) is 21.1 Å². The van der Waals surface area contributed by atoms with Crippen LogP contribution in [0.2, 0.25) is 5.02 Å². The maximum atomic E-state index is 14.2. The van der Waals surface area contributed by atoms with Crippen LogP contribution in [0.15, 0.2) is 77.7 Å². The number of anilines is 1. The first-order chi connectivity index (χ1) is 20.6. The van der Waals surface area contributed by atoms with Crippen LogP contribution in [-0.2, 0) is 26.2 Å². The van der Waals surface area contributed by atoms with Gasteiger partial charge in [-0.2, -0.15) is 0 Å². The highest BCUT2D eigenvalue weighted by Gasteiger charge is 2.34. The molecule has 1 unspecified atom stereocenters. The number of nitrogens with one attached hydrogen (secondary N) is 1. The molecule has 2 amide bonds. The lowest BCUT2D eigenvalue weighted by Crippen LogP contribution is -2.53. The Labute approximate surface area is 258 Å². The van der Waals surface area contributed by atoms with Crippen LogP contribution in [0, 0.1) is 0 Å². The summed E-state index contributed by atoms with van der Waals surface area (Å²) in [6.07, 6.45) is 5.00. The predicted molar refractivity (Wildman–Crippen MR) is 167 cm³/mol. The number of methoxy groups -OCH3 is 2. The highest BCUT2D eigenvalue weighted by Crippen LogP contribution is 2.33. The van der Waals surface area contributed by atoms with E-state index in [9.17, 15) is 18.0 Å². The van der Waals surface area contributed by atoms with Gasteiger partial charge in [0.05, 0.1) is 24.8 Å². The van der Waals surface area contributed by atoms with Gasteiger partial charge in [-0.3, -0.25) is 13.9 Å². The standard InChI is InChI=1S/C32H38ClN3O6S/c1-23(32(38)34-25-12-5-4-6-13-25)35(21-24-11-7-8-14-28(24)33)31(37)22-36(29-15-9-10-16-30(29)42-3)43(39,40)27-19-17-26(41-2)18-20-27/h7-11,14-20,23,25H,4-6,12-13,21-22H2,1-3H3,(H,34,38). The molecule has 1 saturated carbocycles. The average molecular weight is 628 g/mol. The number of nitrogens with zero attached hydrogens (tertiary/aromatic N) is 2. The minimum Gasteiger partial charge on any atom is -0.497 e. The molecule has 4 rings (SSSR count). The van der Waals surface area contributed by atoms with Crippen molar-refractivity contribution >= 4 is 39.1 Å². The molecule has 3 aromatic carbocycles. The largest absolute Gasteiger partial charge is 0.497 e. The summed E-state index contributed by atoms with van der Waals surface area (Å²) in [5.41, 5.74) is 0.822. The summed E-state index contributed by atoms with van der Waals surface area (Å²) in [6.45, 7) is 1.08. The fraction of sp³-hybridized carbons (Fsp3) is 0.375. The lowest BCUT2D eigenvalue weighted by molar-refractivity contribution is -0.139. The van der Waals surface area contributed by atoms with Gasteiger partial charge in [-0.1, -0.05) is 61.2 Å². The van der Waals surface area contributed by atoms with E-state index in [-0.39, 0.29) is 34.8 Å². The minimum atomic E-state index is -4.27. The van der Waals surface area contributed by atoms with E-state index in [1.807, 2.05) is 0 Å². The Hall–Kier alpha value is -3.76. The minimum absolute atomic E-state index is 0.0140. The van der Waals surface area contributed by atoms with Gasteiger partial charge in [0, 0.05) is 17.6 Å². The van der Waals surface area contributed by atoms with E-state index < -0.39 is 28.5 Å². The highest BCUT2D eigenvalue weighted by atomic mass is 35.5. The van der Waals surface area contributed by atoms with Crippen LogP contribution in [0.4, 0.5) is 5.69 Å². The molecule has 1 fully saturated rings. The summed E-state index contributed by atoms with van der Waals surface area (Å²) in [4.78, 5) is 29.0. The molecular weight excluding hydrogens is 590 g/mol. The normalized spacial score (nSPS) is 14.4. The number of para-hydroxylation sites is 2. The van der Waals surface area contributed by atoms with E-state index in [0.29, 0.717) is 16.3 Å². The van der Waals surface area contributed by atoms with Gasteiger partial charge in [0.1, 0.15) is 24.1 Å². The van der Waals surface area contributed by atoms with E-state index >= 15 is 0 Å². The number of hydrogen-bond donors (Lipinski definition) is 1. The molecule has 43 heavy (non-hydrogen) atoms. The third-order valence-corrected chi connectivity index (χ3v) is 9.84. The van der Waals surface area contributed by atoms with Gasteiger partial charge in [0.15, 0.2) is 0 Å². The maximum Gasteiger partial charge on any atom is 0.264 e. The molecule has 0 saturated heterocycles. The molecule has 3 aromatic rings. The van der Waals surface area contributed by atoms with Crippen LogP contribution in [0.3, 0.4) is 0 Å². The second kappa shape index (κ2) is 14.6. The first kappa shape index (κ1) is 32.2. The van der Waals surface area contributed by atoms with E-state index in [1.54, 1.807) is 55.5 Å². The lowest BCUT2D eigenvalue weighted by atomic mass is 9.95. The Balaban J connectivity index is 1.71. The van der Waals surface area contributed by atoms with Crippen LogP contribution < -0.4 is 19.1 Å². The number of halogens is 1. The summed E-state index contributed by atoms with van der Waals surface area (Å²) in [5.74, 6) is -0.112. The van der Waals surface area contributed by atoms with Crippen molar-refractivity contribution in [2.24, 2.45) is 0 Å². The molecule has 230 valence electrons. The summed E-state index contributed by atoms with van der Waals surface area (Å²) < 4.78 is 39.9. The van der Waals surface area contributed by atoms with Crippen molar-refractivity contribution in [3.8, 4) is 11.5 Å². The van der Waals surface area contributed by atoms with Crippen LogP contribution in [-0.4, -0.2) is 58.0 Å². The molecule has 0 aromatic heterocycles. The number of hydrogen-bond acceptors (Lipinski definition) is 6. The van der Waals surface area contributed by atoms with E-state index in [0.717, 1.165) is 36.4 Å². The topological polar surface area (TPSA) is 105 Å². The smallest absolute Gasteiger partial charge is 0.264 e. The molecule has 0 heterocycles. The Kier molecular flexibility index (Phi) is 10.9. The molecule has 0 bridgehead atoms. The monoisotopic (exact) mass is 627 g/mol. The molecule has 1 aliphatic rings. The van der Waals surface area contributed by atoms with Gasteiger partial charge < -0.3 is 19.7 Å². The van der Waals surface area contributed by atoms with Gasteiger partial charge in [-0.05, 0) is 67.8 Å². The van der Waals surface area contributed by atoms with Gasteiger partial charge in [0.25, 0.3) is 10.0 Å². The van der Waals surface area contributed by atoms with Crippen molar-refractivity contribution in [1.82, 2.24) is 10.2 Å². The second-order valence-corrected chi connectivity index (χ2v) is 12.8. The third-order valence-electron chi connectivity index (χ3n) is 7.70. The number of rotatable bonds is 12.